The Bertz CT molecular complexity index is 2860. The minimum atomic E-state index is -4.06. The molecule has 20 heteroatoms. The molecule has 5 amide bonds. The highest BCUT2D eigenvalue weighted by atomic mass is 32.2. The van der Waals surface area contributed by atoms with E-state index in [1.165, 1.54) is 17.4 Å². The maximum Gasteiger partial charge on any atom is 0.262 e. The van der Waals surface area contributed by atoms with Crippen LogP contribution in [0.3, 0.4) is 0 Å². The Kier molecular flexibility index (Phi) is 11.6. The Morgan fingerprint density at radius 3 is 2.38 bits per heavy atom. The first-order chi connectivity index (χ1) is 32.3. The number of nitrogens with two attached hydrogens (primary N) is 1. The monoisotopic (exact) mass is 966 g/mol. The summed E-state index contributed by atoms with van der Waals surface area (Å²) in [5, 5.41) is 10.8. The van der Waals surface area contributed by atoms with E-state index in [4.69, 9.17) is 15.1 Å². The molecule has 1 aliphatic carbocycles. The molecule has 358 valence electrons. The lowest BCUT2D eigenvalue weighted by Gasteiger charge is -2.60. The van der Waals surface area contributed by atoms with Gasteiger partial charge in [0.2, 0.25) is 33.7 Å². The molecule has 2 aromatic heterocycles. The lowest BCUT2D eigenvalue weighted by Crippen LogP contribution is -2.69. The lowest BCUT2D eigenvalue weighted by molar-refractivity contribution is -0.161. The van der Waals surface area contributed by atoms with E-state index in [0.29, 0.717) is 28.3 Å². The van der Waals surface area contributed by atoms with Crippen molar-refractivity contribution in [1.29, 1.82) is 0 Å². The third-order valence-corrected chi connectivity index (χ3v) is 17.5. The number of sulfonamides is 1. The van der Waals surface area contributed by atoms with Crippen molar-refractivity contribution in [3.8, 4) is 21.8 Å². The van der Waals surface area contributed by atoms with Crippen LogP contribution in [0.15, 0.2) is 48.7 Å². The molecular formula is C48H55FN10O7S2. The number of thiazole rings is 1. The molecule has 0 bridgehead atoms. The third-order valence-electron chi connectivity index (χ3n) is 14.6. The normalized spacial score (nSPS) is 21.9. The SMILES string of the molecule is CCC(c1cccc(-c2nc(C(C)(C)C)sc2-c2ccnc(NC3CC4(C3)CN(C(=O)C3CN(C5CCN(c6ccc7c(c6)C(=O)N(C6CCC(=O)NC6=O)C7=O)CC5)C3)C4)n2)c1F)S(N)(=O)=O. The van der Waals surface area contributed by atoms with Crippen LogP contribution in [-0.4, -0.2) is 125 Å². The fourth-order valence-electron chi connectivity index (χ4n) is 11.0. The van der Waals surface area contributed by atoms with Crippen LogP contribution in [-0.2, 0) is 29.8 Å². The minimum absolute atomic E-state index is 0.00671. The van der Waals surface area contributed by atoms with Crippen molar-refractivity contribution >= 4 is 62.5 Å². The van der Waals surface area contributed by atoms with Gasteiger partial charge in [-0.3, -0.25) is 39.1 Å². The molecule has 6 aliphatic rings. The van der Waals surface area contributed by atoms with Crippen molar-refractivity contribution in [2.45, 2.75) is 101 Å². The summed E-state index contributed by atoms with van der Waals surface area (Å²) in [6.45, 7) is 12.2. The van der Waals surface area contributed by atoms with Gasteiger partial charge in [0.25, 0.3) is 11.8 Å². The van der Waals surface area contributed by atoms with Crippen LogP contribution in [0.5, 0.6) is 0 Å². The summed E-state index contributed by atoms with van der Waals surface area (Å²) < 4.78 is 41.1. The van der Waals surface area contributed by atoms with Gasteiger partial charge >= 0.3 is 0 Å². The Morgan fingerprint density at radius 1 is 0.985 bits per heavy atom. The summed E-state index contributed by atoms with van der Waals surface area (Å²) in [6, 6.07) is 11.2. The number of halogens is 1. The molecule has 2 atom stereocenters. The number of likely N-dealkylation sites (tertiary alicyclic amines) is 2. The van der Waals surface area contributed by atoms with Crippen molar-refractivity contribution in [2.24, 2.45) is 16.5 Å². The summed E-state index contributed by atoms with van der Waals surface area (Å²) in [4.78, 5) is 86.8. The van der Waals surface area contributed by atoms with E-state index in [-0.39, 0.29) is 70.2 Å². The Hall–Kier alpha value is -5.70. The molecule has 10 rings (SSSR count). The van der Waals surface area contributed by atoms with Gasteiger partial charge in [-0.2, -0.15) is 0 Å². The number of nitrogens with zero attached hydrogens (tertiary/aromatic N) is 7. The lowest BCUT2D eigenvalue weighted by atomic mass is 9.60. The molecule has 1 saturated carbocycles. The van der Waals surface area contributed by atoms with Gasteiger partial charge in [0.15, 0.2) is 0 Å². The largest absolute Gasteiger partial charge is 0.371 e. The maximum atomic E-state index is 16.3. The van der Waals surface area contributed by atoms with Gasteiger partial charge in [-0.1, -0.05) is 39.8 Å². The van der Waals surface area contributed by atoms with Gasteiger partial charge in [0.05, 0.1) is 38.3 Å². The van der Waals surface area contributed by atoms with E-state index in [9.17, 15) is 32.4 Å². The highest BCUT2D eigenvalue weighted by Gasteiger charge is 2.55. The Labute approximate surface area is 398 Å². The molecule has 4 N–H and O–H groups in total. The van der Waals surface area contributed by atoms with E-state index in [0.717, 1.165) is 80.5 Å². The van der Waals surface area contributed by atoms with Gasteiger partial charge < -0.3 is 15.1 Å². The van der Waals surface area contributed by atoms with Crippen LogP contribution in [0.1, 0.15) is 109 Å². The smallest absolute Gasteiger partial charge is 0.262 e. The van der Waals surface area contributed by atoms with Crippen LogP contribution in [0.2, 0.25) is 0 Å². The fourth-order valence-corrected chi connectivity index (χ4v) is 13.1. The Morgan fingerprint density at radius 2 is 1.71 bits per heavy atom. The predicted molar refractivity (Wildman–Crippen MR) is 252 cm³/mol. The van der Waals surface area contributed by atoms with Gasteiger partial charge in [-0.25, -0.2) is 32.9 Å². The molecule has 68 heavy (non-hydrogen) atoms. The predicted octanol–water partition coefficient (Wildman–Crippen LogP) is 4.85. The second-order valence-corrected chi connectivity index (χ2v) is 23.1. The van der Waals surface area contributed by atoms with E-state index in [1.807, 2.05) is 31.7 Å². The summed E-state index contributed by atoms with van der Waals surface area (Å²) in [6.07, 6.45) is 5.54. The van der Waals surface area contributed by atoms with Crippen molar-refractivity contribution in [1.82, 2.24) is 35.0 Å². The summed E-state index contributed by atoms with van der Waals surface area (Å²) >= 11 is 1.42. The molecule has 2 aromatic carbocycles. The number of rotatable bonds is 11. The first-order valence-corrected chi connectivity index (χ1v) is 25.8. The highest BCUT2D eigenvalue weighted by Crippen LogP contribution is 2.50. The van der Waals surface area contributed by atoms with Crippen LogP contribution in [0.25, 0.3) is 21.8 Å². The van der Waals surface area contributed by atoms with Crippen LogP contribution < -0.4 is 20.7 Å². The van der Waals surface area contributed by atoms with Gasteiger partial charge in [-0.15, -0.1) is 11.3 Å². The van der Waals surface area contributed by atoms with Crippen molar-refractivity contribution < 1.29 is 36.8 Å². The molecule has 5 aliphatic heterocycles. The van der Waals surface area contributed by atoms with Crippen LogP contribution in [0.4, 0.5) is 16.0 Å². The molecule has 5 fully saturated rings. The Balaban J connectivity index is 0.705. The van der Waals surface area contributed by atoms with Gasteiger partial charge in [0.1, 0.15) is 17.1 Å². The number of imide groups is 2. The molecule has 2 unspecified atom stereocenters. The first kappa shape index (κ1) is 46.1. The number of carbonyl (C=O) groups is 5. The number of nitrogens with one attached hydrogen (secondary N) is 2. The number of piperidine rings is 2. The number of anilines is 2. The van der Waals surface area contributed by atoms with Crippen molar-refractivity contribution in [2.75, 3.05) is 49.5 Å². The quantitative estimate of drug-likeness (QED) is 0.172. The number of fused-ring (bicyclic) bond motifs is 1. The second-order valence-electron chi connectivity index (χ2n) is 20.4. The topological polar surface area (TPSA) is 221 Å². The zero-order valence-electron chi connectivity index (χ0n) is 38.5. The number of hydrogen-bond donors (Lipinski definition) is 3. The first-order valence-electron chi connectivity index (χ1n) is 23.4. The fraction of sp³-hybridized carbons (Fsp3) is 0.500. The molecular weight excluding hydrogens is 912 g/mol. The number of hydrogen-bond acceptors (Lipinski definition) is 14. The number of benzene rings is 2. The second kappa shape index (κ2) is 17.1. The van der Waals surface area contributed by atoms with E-state index < -0.39 is 50.8 Å². The molecule has 4 aromatic rings. The molecule has 17 nitrogen and oxygen atoms in total. The average molecular weight is 967 g/mol. The van der Waals surface area contributed by atoms with E-state index >= 15 is 4.39 Å². The van der Waals surface area contributed by atoms with Gasteiger partial charge in [-0.05, 0) is 68.9 Å². The van der Waals surface area contributed by atoms with Crippen molar-refractivity contribution in [3.05, 3.63) is 76.2 Å². The summed E-state index contributed by atoms with van der Waals surface area (Å²) in [5.74, 6) is -2.10. The standard InChI is InChI=1S/C48H55FN10O7S2/c1-5-36(68(50,65)66)31-7-6-8-32(38(31)49)39-40(67-45(55-39)47(2,3)4)34-13-16-51-46(53-34)52-27-20-48(21-27)24-58(25-48)42(62)26-22-57(23-26)28-14-17-56(18-15-28)29-9-10-30-33(19-29)44(64)59(43(30)63)35-11-12-37(60)54-41(35)61/h6-10,13,16,19,26-28,35-36H,5,11-12,14-15,17-18,20-25H2,1-4H3,(H2,50,65,66)(H,51,52,53)(H,54,60,61). The molecule has 1 spiro atoms. The van der Waals surface area contributed by atoms with E-state index in [1.54, 1.807) is 43.5 Å². The number of carbonyl (C=O) groups excluding carboxylic acids is 5. The van der Waals surface area contributed by atoms with Crippen LogP contribution in [0, 0.1) is 17.2 Å². The zero-order chi connectivity index (χ0) is 48.0. The van der Waals surface area contributed by atoms with Gasteiger partial charge in [0, 0.05) is 91.6 Å². The maximum absolute atomic E-state index is 16.3. The zero-order valence-corrected chi connectivity index (χ0v) is 40.1. The molecule has 4 saturated heterocycles. The minimum Gasteiger partial charge on any atom is -0.371 e. The molecule has 0 radical (unpaired) electrons. The number of aromatic nitrogens is 3. The van der Waals surface area contributed by atoms with Crippen molar-refractivity contribution in [3.63, 3.8) is 0 Å². The summed E-state index contributed by atoms with van der Waals surface area (Å²) in [5.41, 5.74) is 2.24. The van der Waals surface area contributed by atoms with Crippen LogP contribution >= 0.6 is 11.3 Å². The van der Waals surface area contributed by atoms with E-state index in [2.05, 4.69) is 25.4 Å². The highest BCUT2D eigenvalue weighted by molar-refractivity contribution is 7.89. The third kappa shape index (κ3) is 8.25. The number of primary sulfonamides is 1. The average Bonchev–Trinajstić information content (AvgIpc) is 3.81. The molecule has 7 heterocycles. The number of amides is 5. The summed E-state index contributed by atoms with van der Waals surface area (Å²) in [7, 11) is -4.06.